The number of carbonyl (C=O) groups excluding carboxylic acids is 2. The molecule has 4 unspecified atom stereocenters. The van der Waals surface area contributed by atoms with Gasteiger partial charge < -0.3 is 9.47 Å². The highest BCUT2D eigenvalue weighted by Gasteiger charge is 2.20. The van der Waals surface area contributed by atoms with E-state index in [0.717, 1.165) is 77.0 Å². The van der Waals surface area contributed by atoms with Crippen LogP contribution in [0.15, 0.2) is 0 Å². The number of rotatable bonds is 19. The van der Waals surface area contributed by atoms with Gasteiger partial charge in [0.05, 0.1) is 0 Å². The molecular formula is C26H50O4. The maximum absolute atomic E-state index is 12.1. The Balaban J connectivity index is 3.77. The molecule has 0 aliphatic rings. The zero-order valence-electron chi connectivity index (χ0n) is 20.8. The van der Waals surface area contributed by atoms with Gasteiger partial charge in [-0.15, -0.1) is 0 Å². The third-order valence-corrected chi connectivity index (χ3v) is 6.14. The van der Waals surface area contributed by atoms with Gasteiger partial charge in [-0.25, -0.2) is 0 Å². The summed E-state index contributed by atoms with van der Waals surface area (Å²) in [6, 6.07) is 0. The first kappa shape index (κ1) is 28.9. The van der Waals surface area contributed by atoms with Crippen molar-refractivity contribution in [1.29, 1.82) is 0 Å². The van der Waals surface area contributed by atoms with Crippen LogP contribution in [0.4, 0.5) is 0 Å². The van der Waals surface area contributed by atoms with Crippen molar-refractivity contribution in [2.75, 3.05) is 0 Å². The van der Waals surface area contributed by atoms with E-state index in [2.05, 4.69) is 41.5 Å². The highest BCUT2D eigenvalue weighted by molar-refractivity contribution is 5.69. The van der Waals surface area contributed by atoms with Crippen LogP contribution in [-0.2, 0) is 19.1 Å². The second-order valence-electron chi connectivity index (χ2n) is 9.03. The molecule has 0 spiro atoms. The fourth-order valence-corrected chi connectivity index (χ4v) is 4.19. The van der Waals surface area contributed by atoms with E-state index in [9.17, 15) is 9.59 Å². The minimum atomic E-state index is -0.0460. The predicted octanol–water partition coefficient (Wildman–Crippen LogP) is 7.62. The van der Waals surface area contributed by atoms with E-state index < -0.39 is 0 Å². The second kappa shape index (κ2) is 18.7. The zero-order chi connectivity index (χ0) is 22.8. The lowest BCUT2D eigenvalue weighted by molar-refractivity contribution is -0.153. The van der Waals surface area contributed by atoms with Crippen molar-refractivity contribution in [1.82, 2.24) is 0 Å². The molecule has 30 heavy (non-hydrogen) atoms. The summed E-state index contributed by atoms with van der Waals surface area (Å²) < 4.78 is 11.3. The van der Waals surface area contributed by atoms with Crippen molar-refractivity contribution in [2.45, 2.75) is 144 Å². The molecule has 0 aromatic heterocycles. The molecule has 0 radical (unpaired) electrons. The number of esters is 2. The van der Waals surface area contributed by atoms with E-state index in [4.69, 9.17) is 9.47 Å². The largest absolute Gasteiger partial charge is 0.462 e. The van der Waals surface area contributed by atoms with E-state index >= 15 is 0 Å². The summed E-state index contributed by atoms with van der Waals surface area (Å²) in [6.07, 6.45) is 13.5. The fourth-order valence-electron chi connectivity index (χ4n) is 4.19. The van der Waals surface area contributed by atoms with Crippen molar-refractivity contribution in [2.24, 2.45) is 11.8 Å². The molecule has 0 aliphatic carbocycles. The topological polar surface area (TPSA) is 52.6 Å². The molecule has 0 aliphatic heterocycles. The first-order chi connectivity index (χ1) is 14.4. The Kier molecular flexibility index (Phi) is 18.0. The minimum absolute atomic E-state index is 0.0460. The Morgan fingerprint density at radius 3 is 1.23 bits per heavy atom. The molecule has 0 bridgehead atoms. The Hall–Kier alpha value is -1.06. The lowest BCUT2D eigenvalue weighted by atomic mass is 9.97. The summed E-state index contributed by atoms with van der Waals surface area (Å²) in [5.74, 6) is 0.793. The number of unbranched alkanes of at least 4 members (excludes halogenated alkanes) is 5. The molecule has 178 valence electrons. The Morgan fingerprint density at radius 1 is 0.600 bits per heavy atom. The monoisotopic (exact) mass is 426 g/mol. The number of carbonyl (C=O) groups is 2. The molecule has 0 amide bonds. The van der Waals surface area contributed by atoms with Crippen LogP contribution in [0.1, 0.15) is 131 Å². The molecule has 0 aromatic carbocycles. The molecular weight excluding hydrogens is 376 g/mol. The average molecular weight is 427 g/mol. The Morgan fingerprint density at radius 2 is 0.933 bits per heavy atom. The summed E-state index contributed by atoms with van der Waals surface area (Å²) in [6.45, 7) is 12.9. The molecule has 0 aromatic rings. The minimum Gasteiger partial charge on any atom is -0.462 e. The van der Waals surface area contributed by atoms with Gasteiger partial charge in [-0.1, -0.05) is 80.1 Å². The van der Waals surface area contributed by atoms with Crippen LogP contribution in [0.5, 0.6) is 0 Å². The molecule has 0 fully saturated rings. The van der Waals surface area contributed by atoms with Crippen LogP contribution in [-0.4, -0.2) is 24.1 Å². The number of ether oxygens (including phenoxy) is 2. The van der Waals surface area contributed by atoms with Crippen molar-refractivity contribution >= 4 is 11.9 Å². The van der Waals surface area contributed by atoms with E-state index in [1.807, 2.05) is 0 Å². The van der Waals surface area contributed by atoms with Crippen molar-refractivity contribution in [3.05, 3.63) is 0 Å². The summed E-state index contributed by atoms with van der Waals surface area (Å²) in [5, 5.41) is 0. The SMILES string of the molecule is CCCC(C)C(CC)OC(=O)CCCCCCCCC(=O)OC(CC)C(C)CCC. The predicted molar refractivity (Wildman–Crippen MR) is 125 cm³/mol. The van der Waals surface area contributed by atoms with Crippen LogP contribution in [0.25, 0.3) is 0 Å². The second-order valence-corrected chi connectivity index (χ2v) is 9.03. The van der Waals surface area contributed by atoms with E-state index in [1.54, 1.807) is 0 Å². The molecule has 4 nitrogen and oxygen atoms in total. The van der Waals surface area contributed by atoms with E-state index in [0.29, 0.717) is 24.7 Å². The van der Waals surface area contributed by atoms with Gasteiger partial charge in [0.15, 0.2) is 0 Å². The van der Waals surface area contributed by atoms with Crippen LogP contribution < -0.4 is 0 Å². The van der Waals surface area contributed by atoms with Gasteiger partial charge in [0.2, 0.25) is 0 Å². The lowest BCUT2D eigenvalue weighted by Crippen LogP contribution is -2.24. The molecule has 0 rings (SSSR count). The lowest BCUT2D eigenvalue weighted by Gasteiger charge is -2.22. The summed E-state index contributed by atoms with van der Waals surface area (Å²) in [7, 11) is 0. The fraction of sp³-hybridized carbons (Fsp3) is 0.923. The summed E-state index contributed by atoms with van der Waals surface area (Å²) in [4.78, 5) is 24.1. The molecule has 0 saturated carbocycles. The van der Waals surface area contributed by atoms with Crippen LogP contribution in [0.2, 0.25) is 0 Å². The van der Waals surface area contributed by atoms with Crippen LogP contribution >= 0.6 is 0 Å². The van der Waals surface area contributed by atoms with Gasteiger partial charge in [0.1, 0.15) is 12.2 Å². The van der Waals surface area contributed by atoms with Crippen molar-refractivity contribution in [3.8, 4) is 0 Å². The highest BCUT2D eigenvalue weighted by Crippen LogP contribution is 2.19. The van der Waals surface area contributed by atoms with Gasteiger partial charge >= 0.3 is 11.9 Å². The van der Waals surface area contributed by atoms with E-state index in [1.165, 1.54) is 0 Å². The van der Waals surface area contributed by atoms with Crippen LogP contribution in [0.3, 0.4) is 0 Å². The van der Waals surface area contributed by atoms with Crippen molar-refractivity contribution < 1.29 is 19.1 Å². The molecule has 4 heteroatoms. The highest BCUT2D eigenvalue weighted by atomic mass is 16.5. The van der Waals surface area contributed by atoms with Gasteiger partial charge in [-0.2, -0.15) is 0 Å². The maximum Gasteiger partial charge on any atom is 0.306 e. The molecule has 0 heterocycles. The third kappa shape index (κ3) is 14.0. The summed E-state index contributed by atoms with van der Waals surface area (Å²) in [5.41, 5.74) is 0. The van der Waals surface area contributed by atoms with Gasteiger partial charge in [0, 0.05) is 12.8 Å². The van der Waals surface area contributed by atoms with Crippen LogP contribution in [0, 0.1) is 11.8 Å². The third-order valence-electron chi connectivity index (χ3n) is 6.14. The summed E-state index contributed by atoms with van der Waals surface area (Å²) >= 11 is 0. The van der Waals surface area contributed by atoms with Crippen molar-refractivity contribution in [3.63, 3.8) is 0 Å². The zero-order valence-corrected chi connectivity index (χ0v) is 20.8. The number of hydrogen-bond donors (Lipinski definition) is 0. The van der Waals surface area contributed by atoms with Gasteiger partial charge in [0.25, 0.3) is 0 Å². The van der Waals surface area contributed by atoms with E-state index in [-0.39, 0.29) is 24.1 Å². The Labute approximate surface area is 186 Å². The quantitative estimate of drug-likeness (QED) is 0.157. The maximum atomic E-state index is 12.1. The molecule has 0 N–H and O–H groups in total. The first-order valence-corrected chi connectivity index (χ1v) is 12.8. The standard InChI is InChI=1S/C26H50O4/c1-7-17-21(5)23(9-3)29-25(27)19-15-13-11-12-14-16-20-26(28)30-24(10-4)22(6)18-8-2/h21-24H,7-20H2,1-6H3. The molecule has 4 atom stereocenters. The van der Waals surface area contributed by atoms with Gasteiger partial charge in [-0.3, -0.25) is 9.59 Å². The molecule has 0 saturated heterocycles. The Bertz CT molecular complexity index is 395. The smallest absolute Gasteiger partial charge is 0.306 e. The normalized spacial score (nSPS) is 15.3. The van der Waals surface area contributed by atoms with Gasteiger partial charge in [-0.05, 0) is 50.4 Å². The number of hydrogen-bond acceptors (Lipinski definition) is 4. The average Bonchev–Trinajstić information content (AvgIpc) is 2.72. The first-order valence-electron chi connectivity index (χ1n) is 12.8.